The van der Waals surface area contributed by atoms with Gasteiger partial charge in [-0.05, 0) is 37.3 Å². The first-order chi connectivity index (χ1) is 12.6. The molecule has 0 unspecified atom stereocenters. The molecule has 1 aliphatic carbocycles. The quantitative estimate of drug-likeness (QED) is 0.635. The van der Waals surface area contributed by atoms with Crippen LogP contribution >= 0.6 is 11.3 Å². The maximum absolute atomic E-state index is 13.1. The predicted molar refractivity (Wildman–Crippen MR) is 97.3 cm³/mol. The van der Waals surface area contributed by atoms with Crippen molar-refractivity contribution in [2.24, 2.45) is 0 Å². The van der Waals surface area contributed by atoms with Gasteiger partial charge >= 0.3 is 6.61 Å². The number of thiophene rings is 1. The van der Waals surface area contributed by atoms with Gasteiger partial charge in [0.1, 0.15) is 10.6 Å². The molecule has 3 aromatic rings. The molecule has 0 amide bonds. The van der Waals surface area contributed by atoms with Gasteiger partial charge in [0.05, 0.1) is 18.3 Å². The Labute approximate surface area is 153 Å². The van der Waals surface area contributed by atoms with E-state index in [2.05, 4.69) is 9.72 Å². The Hall–Kier alpha value is -2.28. The van der Waals surface area contributed by atoms with E-state index in [1.165, 1.54) is 28.3 Å². The van der Waals surface area contributed by atoms with Gasteiger partial charge < -0.3 is 4.74 Å². The molecule has 0 saturated carbocycles. The van der Waals surface area contributed by atoms with Crippen LogP contribution in [0, 0.1) is 0 Å². The summed E-state index contributed by atoms with van der Waals surface area (Å²) in [5.74, 6) is 0.0821. The topological polar surface area (TPSA) is 44.1 Å². The minimum absolute atomic E-state index is 0.0821. The molecular weight excluding hydrogens is 358 g/mol. The van der Waals surface area contributed by atoms with Crippen LogP contribution < -0.4 is 10.3 Å². The molecule has 7 heteroatoms. The number of aromatic nitrogens is 2. The van der Waals surface area contributed by atoms with Gasteiger partial charge in [0, 0.05) is 10.4 Å². The Bertz CT molecular complexity index is 997. The average molecular weight is 376 g/mol. The summed E-state index contributed by atoms with van der Waals surface area (Å²) in [6.45, 7) is -2.75. The first kappa shape index (κ1) is 17.1. The zero-order valence-corrected chi connectivity index (χ0v) is 14.9. The van der Waals surface area contributed by atoms with E-state index < -0.39 is 6.61 Å². The van der Waals surface area contributed by atoms with Crippen LogP contribution in [-0.4, -0.2) is 16.2 Å². The number of rotatable bonds is 4. The zero-order chi connectivity index (χ0) is 18.1. The minimum Gasteiger partial charge on any atom is -0.434 e. The maximum atomic E-state index is 13.1. The molecule has 1 aliphatic rings. The average Bonchev–Trinajstić information content (AvgIpc) is 2.81. The molecule has 0 bridgehead atoms. The van der Waals surface area contributed by atoms with Crippen molar-refractivity contribution in [3.05, 3.63) is 57.0 Å². The molecule has 0 saturated heterocycles. The van der Waals surface area contributed by atoms with Crippen molar-refractivity contribution in [1.82, 2.24) is 9.55 Å². The van der Waals surface area contributed by atoms with Crippen molar-refractivity contribution >= 4 is 21.6 Å². The molecule has 2 aromatic heterocycles. The lowest BCUT2D eigenvalue weighted by molar-refractivity contribution is -0.0504. The summed E-state index contributed by atoms with van der Waals surface area (Å²) >= 11 is 1.61. The molecule has 4 nitrogen and oxygen atoms in total. The smallest absolute Gasteiger partial charge is 0.387 e. The highest BCUT2D eigenvalue weighted by Crippen LogP contribution is 2.32. The van der Waals surface area contributed by atoms with E-state index in [-0.39, 0.29) is 17.9 Å². The lowest BCUT2D eigenvalue weighted by Crippen LogP contribution is -2.22. The van der Waals surface area contributed by atoms with Gasteiger partial charge in [-0.1, -0.05) is 24.6 Å². The first-order valence-corrected chi connectivity index (χ1v) is 9.47. The molecule has 0 N–H and O–H groups in total. The molecule has 136 valence electrons. The van der Waals surface area contributed by atoms with Crippen molar-refractivity contribution in [3.63, 3.8) is 0 Å². The Kier molecular flexibility index (Phi) is 4.72. The maximum Gasteiger partial charge on any atom is 0.387 e. The van der Waals surface area contributed by atoms with Gasteiger partial charge in [-0.15, -0.1) is 11.3 Å². The van der Waals surface area contributed by atoms with E-state index in [0.29, 0.717) is 10.9 Å². The van der Waals surface area contributed by atoms with Crippen molar-refractivity contribution in [3.8, 4) is 5.75 Å². The summed E-state index contributed by atoms with van der Waals surface area (Å²) in [6, 6.07) is 6.53. The summed E-state index contributed by atoms with van der Waals surface area (Å²) < 4.78 is 31.3. The largest absolute Gasteiger partial charge is 0.434 e. The van der Waals surface area contributed by atoms with Crippen LogP contribution in [0.15, 0.2) is 35.4 Å². The highest BCUT2D eigenvalue weighted by atomic mass is 32.1. The molecule has 1 aromatic carbocycles. The summed E-state index contributed by atoms with van der Waals surface area (Å²) in [7, 11) is 0. The molecule has 0 spiro atoms. The Balaban J connectivity index is 1.76. The van der Waals surface area contributed by atoms with E-state index in [4.69, 9.17) is 0 Å². The molecule has 0 aliphatic heterocycles. The SMILES string of the molecule is O=c1c2c3c(sc2ncn1Cc1ccccc1OC(F)F)CCCCC3. The van der Waals surface area contributed by atoms with E-state index in [1.807, 2.05) is 0 Å². The predicted octanol–water partition coefficient (Wildman–Crippen LogP) is 4.38. The number of hydrogen-bond acceptors (Lipinski definition) is 4. The second-order valence-corrected chi connectivity index (χ2v) is 7.49. The fourth-order valence-corrected chi connectivity index (χ4v) is 4.72. The van der Waals surface area contributed by atoms with Crippen LogP contribution in [0.1, 0.15) is 35.3 Å². The third kappa shape index (κ3) is 3.23. The second kappa shape index (κ2) is 7.15. The number of ether oxygens (including phenoxy) is 1. The van der Waals surface area contributed by atoms with E-state index in [0.717, 1.165) is 36.1 Å². The molecular formula is C19H18F2N2O2S. The van der Waals surface area contributed by atoms with Gasteiger partial charge in [-0.25, -0.2) is 4.98 Å². The van der Waals surface area contributed by atoms with E-state index in [1.54, 1.807) is 29.5 Å². The third-order valence-corrected chi connectivity index (χ3v) is 5.92. The summed E-state index contributed by atoms with van der Waals surface area (Å²) in [5, 5.41) is 0.696. The number of fused-ring (bicyclic) bond motifs is 3. The molecule has 26 heavy (non-hydrogen) atoms. The van der Waals surface area contributed by atoms with Crippen molar-refractivity contribution in [2.45, 2.75) is 45.3 Å². The molecule has 0 atom stereocenters. The lowest BCUT2D eigenvalue weighted by atomic mass is 10.1. The Morgan fingerprint density at radius 2 is 2.00 bits per heavy atom. The normalized spacial score (nSPS) is 14.4. The highest BCUT2D eigenvalue weighted by molar-refractivity contribution is 7.18. The van der Waals surface area contributed by atoms with Gasteiger partial charge in [0.15, 0.2) is 0 Å². The molecule has 0 fully saturated rings. The zero-order valence-electron chi connectivity index (χ0n) is 14.1. The number of hydrogen-bond donors (Lipinski definition) is 0. The lowest BCUT2D eigenvalue weighted by Gasteiger charge is -2.12. The number of alkyl halides is 2. The van der Waals surface area contributed by atoms with Gasteiger partial charge in [-0.3, -0.25) is 9.36 Å². The van der Waals surface area contributed by atoms with Gasteiger partial charge in [0.2, 0.25) is 0 Å². The third-order valence-electron chi connectivity index (χ3n) is 4.72. The molecule has 4 rings (SSSR count). The fourth-order valence-electron chi connectivity index (χ4n) is 3.50. The number of halogens is 2. The van der Waals surface area contributed by atoms with Crippen LogP contribution in [0.3, 0.4) is 0 Å². The number of aryl methyl sites for hydroxylation is 2. The van der Waals surface area contributed by atoms with Gasteiger partial charge in [-0.2, -0.15) is 8.78 Å². The standard InChI is InChI=1S/C19H18F2N2O2S/c20-19(21)25-14-8-5-4-6-12(14)10-23-11-22-17-16(18(23)24)13-7-2-1-3-9-15(13)26-17/h4-6,8,11,19H,1-3,7,9-10H2. The van der Waals surface area contributed by atoms with Crippen molar-refractivity contribution < 1.29 is 13.5 Å². The Morgan fingerprint density at radius 3 is 2.85 bits per heavy atom. The summed E-state index contributed by atoms with van der Waals surface area (Å²) in [5.41, 5.74) is 1.55. The van der Waals surface area contributed by atoms with Crippen LogP contribution in [0.25, 0.3) is 10.2 Å². The second-order valence-electron chi connectivity index (χ2n) is 6.41. The monoisotopic (exact) mass is 376 g/mol. The van der Waals surface area contributed by atoms with Crippen LogP contribution in [0.4, 0.5) is 8.78 Å². The first-order valence-electron chi connectivity index (χ1n) is 8.66. The van der Waals surface area contributed by atoms with E-state index in [9.17, 15) is 13.6 Å². The van der Waals surface area contributed by atoms with E-state index >= 15 is 0 Å². The van der Waals surface area contributed by atoms with Crippen molar-refractivity contribution in [2.75, 3.05) is 0 Å². The van der Waals surface area contributed by atoms with Crippen LogP contribution in [0.5, 0.6) is 5.75 Å². The molecule has 2 heterocycles. The number of nitrogens with zero attached hydrogens (tertiary/aromatic N) is 2. The number of para-hydroxylation sites is 1. The van der Waals surface area contributed by atoms with Crippen molar-refractivity contribution in [1.29, 1.82) is 0 Å². The summed E-state index contributed by atoms with van der Waals surface area (Å²) in [4.78, 5) is 19.5. The Morgan fingerprint density at radius 1 is 1.19 bits per heavy atom. The minimum atomic E-state index is -2.90. The molecule has 0 radical (unpaired) electrons. The van der Waals surface area contributed by atoms with Gasteiger partial charge in [0.25, 0.3) is 5.56 Å². The van der Waals surface area contributed by atoms with Crippen LogP contribution in [0.2, 0.25) is 0 Å². The summed E-state index contributed by atoms with van der Waals surface area (Å²) in [6.07, 6.45) is 6.81. The fraction of sp³-hybridized carbons (Fsp3) is 0.368. The van der Waals surface area contributed by atoms with Crippen LogP contribution in [-0.2, 0) is 19.4 Å². The highest BCUT2D eigenvalue weighted by Gasteiger charge is 2.19. The number of benzene rings is 1.